The molecule has 0 saturated carbocycles. The van der Waals surface area contributed by atoms with Crippen molar-refractivity contribution in [3.05, 3.63) is 53.6 Å². The molecule has 1 N–H and O–H groups in total. The van der Waals surface area contributed by atoms with Crippen LogP contribution in [0.2, 0.25) is 0 Å². The molecular weight excluding hydrogens is 412 g/mol. The van der Waals surface area contributed by atoms with Crippen LogP contribution in [0.25, 0.3) is 0 Å². The average Bonchev–Trinajstić information content (AvgIpc) is 3.03. The highest BCUT2D eigenvalue weighted by Crippen LogP contribution is 2.39. The third kappa shape index (κ3) is 4.45. The summed E-state index contributed by atoms with van der Waals surface area (Å²) in [5, 5.41) is 0. The van der Waals surface area contributed by atoms with E-state index >= 15 is 0 Å². The van der Waals surface area contributed by atoms with Crippen LogP contribution >= 0.6 is 0 Å². The summed E-state index contributed by atoms with van der Waals surface area (Å²) in [5.41, 5.74) is 3.17. The average molecular weight is 445 g/mol. The summed E-state index contributed by atoms with van der Waals surface area (Å²) in [5.74, 6) is 0. The first kappa shape index (κ1) is 22.1. The van der Waals surface area contributed by atoms with Crippen molar-refractivity contribution < 1.29 is 17.9 Å². The lowest BCUT2D eigenvalue weighted by Crippen LogP contribution is -2.41. The first-order chi connectivity index (χ1) is 14.6. The topological polar surface area (TPSA) is 67.9 Å². The van der Waals surface area contributed by atoms with Gasteiger partial charge < -0.3 is 14.4 Å². The second kappa shape index (κ2) is 8.11. The Hall–Kier alpha value is -2.09. The minimum Gasteiger partial charge on any atom is -0.384 e. The second-order valence-electron chi connectivity index (χ2n) is 9.47. The molecule has 2 aromatic carbocycles. The van der Waals surface area contributed by atoms with Crippen LogP contribution in [0.5, 0.6) is 0 Å². The lowest BCUT2D eigenvalue weighted by molar-refractivity contribution is -0.00796. The number of nitrogens with zero attached hydrogens (tertiary/aromatic N) is 1. The Morgan fingerprint density at radius 2 is 1.81 bits per heavy atom. The molecule has 2 heterocycles. The highest BCUT2D eigenvalue weighted by Gasteiger charge is 2.33. The van der Waals surface area contributed by atoms with Crippen molar-refractivity contribution in [1.29, 1.82) is 0 Å². The van der Waals surface area contributed by atoms with E-state index in [9.17, 15) is 8.42 Å². The maximum absolute atomic E-state index is 13.2. The number of methoxy groups -OCH3 is 1. The zero-order chi connectivity index (χ0) is 22.3. The summed E-state index contributed by atoms with van der Waals surface area (Å²) in [6.07, 6.45) is 2.00. The summed E-state index contributed by atoms with van der Waals surface area (Å²) in [7, 11) is -1.99. The Labute approximate surface area is 185 Å². The van der Waals surface area contributed by atoms with E-state index in [-0.39, 0.29) is 10.3 Å². The van der Waals surface area contributed by atoms with Crippen LogP contribution in [0.15, 0.2) is 47.4 Å². The van der Waals surface area contributed by atoms with E-state index in [0.29, 0.717) is 12.3 Å². The maximum Gasteiger partial charge on any atom is 0.261 e. The molecule has 4 rings (SSSR count). The molecule has 31 heavy (non-hydrogen) atoms. The predicted molar refractivity (Wildman–Crippen MR) is 123 cm³/mol. The lowest BCUT2D eigenvalue weighted by atomic mass is 9.81. The van der Waals surface area contributed by atoms with Crippen LogP contribution in [0.3, 0.4) is 0 Å². The Bertz CT molecular complexity index is 1060. The Kier molecular flexibility index (Phi) is 5.79. The standard InChI is InChI=1S/C24H32N2O4S/c1-23(2)20-15-19(10-9-18(20)16-30-23)31(27,28)25-21-7-5-6-8-22(21)26-13-11-24(3,12-14-26)17-29-4/h5-10,15,25H,11-14,16-17H2,1-4H3. The van der Waals surface area contributed by atoms with Crippen molar-refractivity contribution in [3.63, 3.8) is 0 Å². The van der Waals surface area contributed by atoms with E-state index in [2.05, 4.69) is 16.5 Å². The molecule has 1 saturated heterocycles. The summed E-state index contributed by atoms with van der Waals surface area (Å²) >= 11 is 0. The largest absolute Gasteiger partial charge is 0.384 e. The van der Waals surface area contributed by atoms with Gasteiger partial charge in [-0.05, 0) is 67.5 Å². The molecule has 0 aliphatic carbocycles. The number of piperidine rings is 1. The first-order valence-corrected chi connectivity index (χ1v) is 12.3. The first-order valence-electron chi connectivity index (χ1n) is 10.8. The van der Waals surface area contributed by atoms with Gasteiger partial charge in [0, 0.05) is 20.2 Å². The molecule has 2 aliphatic rings. The fourth-order valence-corrected chi connectivity index (χ4v) is 5.66. The maximum atomic E-state index is 13.2. The number of para-hydroxylation sites is 2. The Balaban J connectivity index is 1.57. The van der Waals surface area contributed by atoms with Gasteiger partial charge >= 0.3 is 0 Å². The van der Waals surface area contributed by atoms with Gasteiger partial charge in [0.1, 0.15) is 0 Å². The summed E-state index contributed by atoms with van der Waals surface area (Å²) in [4.78, 5) is 2.51. The van der Waals surface area contributed by atoms with Crippen LogP contribution in [0.4, 0.5) is 11.4 Å². The van der Waals surface area contributed by atoms with Crippen LogP contribution in [-0.2, 0) is 31.7 Å². The van der Waals surface area contributed by atoms with Crippen LogP contribution < -0.4 is 9.62 Å². The predicted octanol–water partition coefficient (Wildman–Crippen LogP) is 4.51. The quantitative estimate of drug-likeness (QED) is 0.710. The van der Waals surface area contributed by atoms with Crippen LogP contribution in [0.1, 0.15) is 44.7 Å². The van der Waals surface area contributed by atoms with E-state index < -0.39 is 15.6 Å². The number of rotatable bonds is 6. The summed E-state index contributed by atoms with van der Waals surface area (Å²) < 4.78 is 40.5. The van der Waals surface area contributed by atoms with Crippen molar-refractivity contribution in [2.75, 3.05) is 36.4 Å². The molecule has 0 atom stereocenters. The molecule has 2 aliphatic heterocycles. The van der Waals surface area contributed by atoms with E-state index in [1.54, 1.807) is 19.2 Å². The number of benzene rings is 2. The molecule has 6 nitrogen and oxygen atoms in total. The highest BCUT2D eigenvalue weighted by molar-refractivity contribution is 7.92. The van der Waals surface area contributed by atoms with Gasteiger partial charge in [0.15, 0.2) is 0 Å². The van der Waals surface area contributed by atoms with E-state index in [1.807, 2.05) is 44.2 Å². The number of hydrogen-bond acceptors (Lipinski definition) is 5. The highest BCUT2D eigenvalue weighted by atomic mass is 32.2. The van der Waals surface area contributed by atoms with Crippen molar-refractivity contribution in [3.8, 4) is 0 Å². The van der Waals surface area contributed by atoms with Gasteiger partial charge in [0.25, 0.3) is 10.0 Å². The zero-order valence-electron chi connectivity index (χ0n) is 18.8. The van der Waals surface area contributed by atoms with Gasteiger partial charge in [0.05, 0.1) is 35.1 Å². The normalized spacial score (nSPS) is 19.8. The minimum absolute atomic E-state index is 0.166. The van der Waals surface area contributed by atoms with Gasteiger partial charge in [-0.2, -0.15) is 0 Å². The molecular formula is C24H32N2O4S. The van der Waals surface area contributed by atoms with Crippen LogP contribution in [-0.4, -0.2) is 35.2 Å². The molecule has 7 heteroatoms. The third-order valence-electron chi connectivity index (χ3n) is 6.58. The van der Waals surface area contributed by atoms with Crippen molar-refractivity contribution >= 4 is 21.4 Å². The number of nitrogens with one attached hydrogen (secondary N) is 1. The van der Waals surface area contributed by atoms with Crippen molar-refractivity contribution in [1.82, 2.24) is 0 Å². The molecule has 0 radical (unpaired) electrons. The number of sulfonamides is 1. The Morgan fingerprint density at radius 1 is 1.10 bits per heavy atom. The van der Waals surface area contributed by atoms with Gasteiger partial charge in [-0.15, -0.1) is 0 Å². The van der Waals surface area contributed by atoms with Crippen molar-refractivity contribution in [2.45, 2.75) is 50.7 Å². The summed E-state index contributed by atoms with van der Waals surface area (Å²) in [6.45, 7) is 9.16. The smallest absolute Gasteiger partial charge is 0.261 e. The molecule has 168 valence electrons. The van der Waals surface area contributed by atoms with Gasteiger partial charge in [-0.1, -0.05) is 25.1 Å². The molecule has 0 bridgehead atoms. The fourth-order valence-electron chi connectivity index (χ4n) is 4.56. The molecule has 1 fully saturated rings. The van der Waals surface area contributed by atoms with Gasteiger partial charge in [0.2, 0.25) is 0 Å². The lowest BCUT2D eigenvalue weighted by Gasteiger charge is -2.40. The number of anilines is 2. The second-order valence-corrected chi connectivity index (χ2v) is 11.2. The van der Waals surface area contributed by atoms with E-state index in [4.69, 9.17) is 9.47 Å². The summed E-state index contributed by atoms with van der Waals surface area (Å²) in [6, 6.07) is 12.9. The van der Waals surface area contributed by atoms with Gasteiger partial charge in [-0.25, -0.2) is 8.42 Å². The Morgan fingerprint density at radius 3 is 2.52 bits per heavy atom. The van der Waals surface area contributed by atoms with Gasteiger partial charge in [-0.3, -0.25) is 4.72 Å². The molecule has 0 aromatic heterocycles. The van der Waals surface area contributed by atoms with E-state index in [0.717, 1.165) is 49.4 Å². The fraction of sp³-hybridized carbons (Fsp3) is 0.500. The third-order valence-corrected chi connectivity index (χ3v) is 7.94. The number of hydrogen-bond donors (Lipinski definition) is 1. The van der Waals surface area contributed by atoms with Crippen LogP contribution in [0, 0.1) is 5.41 Å². The monoisotopic (exact) mass is 444 g/mol. The molecule has 0 spiro atoms. The zero-order valence-corrected chi connectivity index (χ0v) is 19.6. The van der Waals surface area contributed by atoms with Crippen molar-refractivity contribution in [2.24, 2.45) is 5.41 Å². The molecule has 0 unspecified atom stereocenters. The minimum atomic E-state index is -3.73. The number of ether oxygens (including phenoxy) is 2. The number of fused-ring (bicyclic) bond motifs is 1. The molecule has 2 aromatic rings. The molecule has 0 amide bonds. The van der Waals surface area contributed by atoms with E-state index in [1.165, 1.54) is 0 Å². The SMILES string of the molecule is COCC1(C)CCN(c2ccccc2NS(=O)(=O)c2ccc3c(c2)C(C)(C)OC3)CC1.